The minimum absolute atomic E-state index is 0.00735. The summed E-state index contributed by atoms with van der Waals surface area (Å²) in [6.45, 7) is 0. The number of rotatable bonds is 7. The van der Waals surface area contributed by atoms with Gasteiger partial charge in [-0.2, -0.15) is 13.5 Å². The molecule has 0 aromatic heterocycles. The lowest BCUT2D eigenvalue weighted by atomic mass is 10.2. The molecule has 13 heteroatoms. The first-order valence-corrected chi connectivity index (χ1v) is 10.2. The first-order chi connectivity index (χ1) is 13.1. The van der Waals surface area contributed by atoms with Crippen molar-refractivity contribution in [1.82, 2.24) is 5.43 Å². The van der Waals surface area contributed by atoms with Crippen LogP contribution in [0.3, 0.4) is 0 Å². The number of halogens is 1. The Balaban J connectivity index is 2.34. The minimum Gasteiger partial charge on any atom is -0.493 e. The number of thiocarbonyl (C=S) groups is 1. The Morgan fingerprint density at radius 2 is 2.00 bits per heavy atom. The highest BCUT2D eigenvalue weighted by molar-refractivity contribution is 14.1. The van der Waals surface area contributed by atoms with Crippen molar-refractivity contribution < 1.29 is 22.3 Å². The van der Waals surface area contributed by atoms with Crippen molar-refractivity contribution in [1.29, 1.82) is 0 Å². The summed E-state index contributed by atoms with van der Waals surface area (Å²) < 4.78 is 35.9. The van der Waals surface area contributed by atoms with E-state index in [-0.39, 0.29) is 27.2 Å². The van der Waals surface area contributed by atoms with Crippen LogP contribution in [-0.4, -0.2) is 31.8 Å². The second-order valence-corrected chi connectivity index (χ2v) is 8.21. The number of nitro benzene ring substituents is 1. The molecule has 0 radical (unpaired) electrons. The molecule has 0 aliphatic rings. The van der Waals surface area contributed by atoms with Gasteiger partial charge in [-0.25, -0.2) is 0 Å². The molecule has 0 fully saturated rings. The highest BCUT2D eigenvalue weighted by Gasteiger charge is 2.22. The molecule has 0 unspecified atom stereocenters. The normalized spacial score (nSPS) is 11.2. The zero-order valence-corrected chi connectivity index (χ0v) is 17.9. The quantitative estimate of drug-likeness (QED) is 0.136. The van der Waals surface area contributed by atoms with Crippen molar-refractivity contribution >= 4 is 61.9 Å². The van der Waals surface area contributed by atoms with Crippen molar-refractivity contribution in [3.63, 3.8) is 0 Å². The molecule has 0 atom stereocenters. The van der Waals surface area contributed by atoms with Crippen LogP contribution in [0.15, 0.2) is 46.4 Å². The van der Waals surface area contributed by atoms with E-state index < -0.39 is 15.0 Å². The third-order valence-electron chi connectivity index (χ3n) is 3.17. The van der Waals surface area contributed by atoms with Gasteiger partial charge in [0.25, 0.3) is 5.69 Å². The largest absolute Gasteiger partial charge is 0.493 e. The number of benzene rings is 2. The van der Waals surface area contributed by atoms with Gasteiger partial charge in [-0.05, 0) is 64.6 Å². The first-order valence-electron chi connectivity index (χ1n) is 7.29. The van der Waals surface area contributed by atoms with E-state index in [0.29, 0.717) is 9.13 Å². The number of non-ortho nitro benzene ring substituents is 1. The molecule has 2 rings (SSSR count). The van der Waals surface area contributed by atoms with Gasteiger partial charge in [-0.15, -0.1) is 0 Å². The zero-order chi connectivity index (χ0) is 20.9. The van der Waals surface area contributed by atoms with Crippen molar-refractivity contribution in [2.75, 3.05) is 7.11 Å². The molecule has 148 valence electrons. The molecule has 0 saturated carbocycles. The van der Waals surface area contributed by atoms with Gasteiger partial charge in [0, 0.05) is 12.1 Å². The molecule has 0 saturated heterocycles. The molecule has 10 nitrogen and oxygen atoms in total. The van der Waals surface area contributed by atoms with Gasteiger partial charge in [0.05, 0.1) is 21.8 Å². The van der Waals surface area contributed by atoms with Crippen molar-refractivity contribution in [2.24, 2.45) is 10.8 Å². The van der Waals surface area contributed by atoms with E-state index in [0.717, 1.165) is 24.3 Å². The van der Waals surface area contributed by atoms with E-state index in [1.54, 1.807) is 6.07 Å². The summed E-state index contributed by atoms with van der Waals surface area (Å²) >= 11 is 6.52. The van der Waals surface area contributed by atoms with E-state index in [9.17, 15) is 18.5 Å². The van der Waals surface area contributed by atoms with Crippen molar-refractivity contribution in [2.45, 2.75) is 4.90 Å². The smallest absolute Gasteiger partial charge is 0.339 e. The molecule has 0 aliphatic heterocycles. The minimum atomic E-state index is -4.24. The second-order valence-electron chi connectivity index (χ2n) is 5.06. The Bertz CT molecular complexity index is 1040. The third kappa shape index (κ3) is 5.49. The fourth-order valence-electron chi connectivity index (χ4n) is 1.96. The number of hydrogen-bond donors (Lipinski definition) is 2. The predicted octanol–water partition coefficient (Wildman–Crippen LogP) is 2.14. The topological polar surface area (TPSA) is 146 Å². The highest BCUT2D eigenvalue weighted by Crippen LogP contribution is 2.35. The molecule has 0 amide bonds. The maximum atomic E-state index is 12.5. The summed E-state index contributed by atoms with van der Waals surface area (Å²) in [5.41, 5.74) is 8.01. The highest BCUT2D eigenvalue weighted by atomic mass is 127. The second kappa shape index (κ2) is 9.11. The lowest BCUT2D eigenvalue weighted by Crippen LogP contribution is -2.24. The van der Waals surface area contributed by atoms with Crippen molar-refractivity contribution in [3.05, 3.63) is 55.6 Å². The lowest BCUT2D eigenvalue weighted by molar-refractivity contribution is -0.384. The van der Waals surface area contributed by atoms with Crippen LogP contribution in [0.4, 0.5) is 5.69 Å². The number of nitro groups is 1. The fraction of sp³-hybridized carbons (Fsp3) is 0.0667. The number of ether oxygens (including phenoxy) is 1. The van der Waals surface area contributed by atoms with Gasteiger partial charge in [0.15, 0.2) is 16.6 Å². The molecule has 0 bridgehead atoms. The summed E-state index contributed by atoms with van der Waals surface area (Å²) in [6.07, 6.45) is 1.42. The SMILES string of the molecule is COc1cc(/C=N\NC(N)=S)cc(I)c1OS(=O)(=O)c1ccc([N+](=O)[O-])cc1. The van der Waals surface area contributed by atoms with Crippen LogP contribution in [0.2, 0.25) is 0 Å². The predicted molar refractivity (Wildman–Crippen MR) is 114 cm³/mol. The maximum absolute atomic E-state index is 12.5. The van der Waals surface area contributed by atoms with Gasteiger partial charge in [0.1, 0.15) is 4.90 Å². The van der Waals surface area contributed by atoms with Crippen LogP contribution < -0.4 is 20.1 Å². The van der Waals surface area contributed by atoms with E-state index in [1.165, 1.54) is 19.4 Å². The zero-order valence-electron chi connectivity index (χ0n) is 14.2. The average Bonchev–Trinajstić information content (AvgIpc) is 2.63. The molecule has 2 aromatic carbocycles. The van der Waals surface area contributed by atoms with E-state index in [4.69, 9.17) is 14.7 Å². The molecular weight excluding hydrogens is 523 g/mol. The van der Waals surface area contributed by atoms with E-state index >= 15 is 0 Å². The van der Waals surface area contributed by atoms with E-state index in [1.807, 2.05) is 22.6 Å². The number of methoxy groups -OCH3 is 1. The number of hydrazone groups is 1. The van der Waals surface area contributed by atoms with Gasteiger partial charge in [0.2, 0.25) is 0 Å². The van der Waals surface area contributed by atoms with Crippen molar-refractivity contribution in [3.8, 4) is 11.5 Å². The third-order valence-corrected chi connectivity index (χ3v) is 5.30. The fourth-order valence-corrected chi connectivity index (χ4v) is 3.85. The Morgan fingerprint density at radius 1 is 1.36 bits per heavy atom. The average molecular weight is 536 g/mol. The Labute approximate surface area is 179 Å². The number of hydrogen-bond acceptors (Lipinski definition) is 8. The molecule has 28 heavy (non-hydrogen) atoms. The summed E-state index contributed by atoms with van der Waals surface area (Å²) in [7, 11) is -2.89. The number of nitrogens with zero attached hydrogens (tertiary/aromatic N) is 2. The molecule has 0 heterocycles. The summed E-state index contributed by atoms with van der Waals surface area (Å²) in [4.78, 5) is 9.84. The number of nitrogens with two attached hydrogens (primary N) is 1. The summed E-state index contributed by atoms with van der Waals surface area (Å²) in [5.74, 6) is 0.120. The van der Waals surface area contributed by atoms with Gasteiger partial charge >= 0.3 is 10.1 Å². The van der Waals surface area contributed by atoms with Crippen LogP contribution in [0.5, 0.6) is 11.5 Å². The van der Waals surface area contributed by atoms with Crippen LogP contribution >= 0.6 is 34.8 Å². The van der Waals surface area contributed by atoms with Gasteiger partial charge in [-0.1, -0.05) is 0 Å². The van der Waals surface area contributed by atoms with Crippen LogP contribution in [0.25, 0.3) is 0 Å². The van der Waals surface area contributed by atoms with E-state index in [2.05, 4.69) is 22.7 Å². The maximum Gasteiger partial charge on any atom is 0.339 e. The van der Waals surface area contributed by atoms with Crippen LogP contribution in [-0.2, 0) is 10.1 Å². The molecule has 3 N–H and O–H groups in total. The Kier molecular flexibility index (Phi) is 7.09. The molecule has 0 aliphatic carbocycles. The standard InChI is InChI=1S/C15H13IN4O6S2/c1-25-13-7-9(8-18-19-15(17)27)6-12(16)14(13)26-28(23,24)11-4-2-10(3-5-11)20(21)22/h2-8H,1H3,(H3,17,19,27)/b18-8-. The summed E-state index contributed by atoms with van der Waals surface area (Å²) in [6, 6.07) is 7.45. The molecule has 0 spiro atoms. The Morgan fingerprint density at radius 3 is 2.54 bits per heavy atom. The Hall–Kier alpha value is -2.52. The van der Waals surface area contributed by atoms with Crippen LogP contribution in [0.1, 0.15) is 5.56 Å². The molecule has 2 aromatic rings. The van der Waals surface area contributed by atoms with Gasteiger partial charge in [-0.3, -0.25) is 15.5 Å². The van der Waals surface area contributed by atoms with Gasteiger partial charge < -0.3 is 14.7 Å². The first kappa shape index (κ1) is 21.8. The van der Waals surface area contributed by atoms with Crippen LogP contribution in [0, 0.1) is 13.7 Å². The number of nitrogens with one attached hydrogen (secondary N) is 1. The monoisotopic (exact) mass is 536 g/mol. The lowest BCUT2D eigenvalue weighted by Gasteiger charge is -2.13. The molecular formula is C15H13IN4O6S2. The summed E-state index contributed by atoms with van der Waals surface area (Å²) in [5, 5.41) is 14.5.